The van der Waals surface area contributed by atoms with Gasteiger partial charge in [0.25, 0.3) is 5.22 Å². The van der Waals surface area contributed by atoms with Crippen molar-refractivity contribution in [2.75, 3.05) is 0 Å². The minimum absolute atomic E-state index is 0.0301. The molecule has 0 fully saturated rings. The van der Waals surface area contributed by atoms with Gasteiger partial charge in [-0.1, -0.05) is 42.1 Å². The molecule has 0 unspecified atom stereocenters. The zero-order chi connectivity index (χ0) is 20.1. The maximum absolute atomic E-state index is 13.2. The first-order valence-electron chi connectivity index (χ1n) is 9.10. The summed E-state index contributed by atoms with van der Waals surface area (Å²) in [4.78, 5) is 19.1. The second kappa shape index (κ2) is 8.56. The second-order valence-electron chi connectivity index (χ2n) is 7.46. The molecule has 2 aromatic heterocycles. The summed E-state index contributed by atoms with van der Waals surface area (Å²) in [5.41, 5.74) is 1.54. The zero-order valence-corrected chi connectivity index (χ0v) is 17.3. The molecule has 3 rings (SSSR count). The Labute approximate surface area is 169 Å². The number of aromatic nitrogens is 3. The molecule has 2 heterocycles. The highest BCUT2D eigenvalue weighted by Crippen LogP contribution is 2.29. The van der Waals surface area contributed by atoms with Gasteiger partial charge in [-0.3, -0.25) is 9.78 Å². The van der Waals surface area contributed by atoms with E-state index in [0.717, 1.165) is 11.1 Å². The van der Waals surface area contributed by atoms with Crippen LogP contribution >= 0.6 is 11.8 Å². The van der Waals surface area contributed by atoms with E-state index in [-0.39, 0.29) is 16.7 Å². The number of benzene rings is 1. The summed E-state index contributed by atoms with van der Waals surface area (Å²) in [5, 5.41) is 8.14. The summed E-state index contributed by atoms with van der Waals surface area (Å²) in [7, 11) is 0. The van der Waals surface area contributed by atoms with E-state index in [2.05, 4.69) is 15.2 Å². The SMILES string of the molecule is C[C@H](Sc1nnc(-c2cccnc2)o1)C(=O)N(Cc1ccccc1)C(C)(C)C. The van der Waals surface area contributed by atoms with E-state index in [1.807, 2.05) is 75.1 Å². The van der Waals surface area contributed by atoms with Crippen LogP contribution in [-0.2, 0) is 11.3 Å². The molecule has 3 aromatic rings. The van der Waals surface area contributed by atoms with Crippen molar-refractivity contribution in [2.24, 2.45) is 0 Å². The molecule has 28 heavy (non-hydrogen) atoms. The van der Waals surface area contributed by atoms with E-state index in [9.17, 15) is 4.79 Å². The van der Waals surface area contributed by atoms with Gasteiger partial charge in [0.2, 0.25) is 11.8 Å². The number of hydrogen-bond acceptors (Lipinski definition) is 6. The molecule has 7 heteroatoms. The molecule has 6 nitrogen and oxygen atoms in total. The third kappa shape index (κ3) is 4.98. The van der Waals surface area contributed by atoms with Crippen LogP contribution in [0.1, 0.15) is 33.3 Å². The van der Waals surface area contributed by atoms with E-state index >= 15 is 0 Å². The third-order valence-electron chi connectivity index (χ3n) is 4.20. The van der Waals surface area contributed by atoms with Gasteiger partial charge >= 0.3 is 0 Å². The molecular formula is C21H24N4O2S. The van der Waals surface area contributed by atoms with Gasteiger partial charge in [0, 0.05) is 24.5 Å². The highest BCUT2D eigenvalue weighted by Gasteiger charge is 2.31. The van der Waals surface area contributed by atoms with Crippen LogP contribution < -0.4 is 0 Å². The largest absolute Gasteiger partial charge is 0.411 e. The van der Waals surface area contributed by atoms with Crippen LogP contribution in [-0.4, -0.2) is 36.8 Å². The van der Waals surface area contributed by atoms with Crippen molar-refractivity contribution in [1.82, 2.24) is 20.1 Å². The lowest BCUT2D eigenvalue weighted by molar-refractivity contribution is -0.135. The van der Waals surface area contributed by atoms with Crippen LogP contribution in [0.3, 0.4) is 0 Å². The fourth-order valence-corrected chi connectivity index (χ4v) is 3.44. The highest BCUT2D eigenvalue weighted by molar-refractivity contribution is 8.00. The zero-order valence-electron chi connectivity index (χ0n) is 16.5. The Bertz CT molecular complexity index is 907. The maximum atomic E-state index is 13.2. The minimum Gasteiger partial charge on any atom is -0.411 e. The standard InChI is InChI=1S/C21H24N4O2S/c1-15(28-20-24-23-18(27-20)17-11-8-12-22-13-17)19(26)25(21(2,3)4)14-16-9-6-5-7-10-16/h5-13,15H,14H2,1-4H3/t15-/m0/s1. The van der Waals surface area contributed by atoms with E-state index < -0.39 is 0 Å². The first-order chi connectivity index (χ1) is 13.3. The van der Waals surface area contributed by atoms with Gasteiger partial charge in [-0.05, 0) is 45.4 Å². The molecule has 1 aromatic carbocycles. The van der Waals surface area contributed by atoms with Crippen molar-refractivity contribution in [3.8, 4) is 11.5 Å². The average molecular weight is 397 g/mol. The Kier molecular flexibility index (Phi) is 6.14. The van der Waals surface area contributed by atoms with Crippen molar-refractivity contribution in [3.63, 3.8) is 0 Å². The smallest absolute Gasteiger partial charge is 0.277 e. The van der Waals surface area contributed by atoms with E-state index in [4.69, 9.17) is 4.42 Å². The van der Waals surface area contributed by atoms with Crippen LogP contribution in [0, 0.1) is 0 Å². The molecule has 146 valence electrons. The van der Waals surface area contributed by atoms with Crippen molar-refractivity contribution in [3.05, 3.63) is 60.4 Å². The van der Waals surface area contributed by atoms with Crippen LogP contribution in [0.15, 0.2) is 64.5 Å². The van der Waals surface area contributed by atoms with Gasteiger partial charge in [-0.2, -0.15) is 0 Å². The van der Waals surface area contributed by atoms with Gasteiger partial charge in [-0.15, -0.1) is 10.2 Å². The lowest BCUT2D eigenvalue weighted by atomic mass is 10.0. The van der Waals surface area contributed by atoms with E-state index in [0.29, 0.717) is 17.7 Å². The van der Waals surface area contributed by atoms with Crippen LogP contribution in [0.25, 0.3) is 11.5 Å². The van der Waals surface area contributed by atoms with Gasteiger partial charge in [-0.25, -0.2) is 0 Å². The molecule has 0 aliphatic carbocycles. The Morgan fingerprint density at radius 2 is 1.89 bits per heavy atom. The molecule has 0 spiro atoms. The van der Waals surface area contributed by atoms with Gasteiger partial charge in [0.05, 0.1) is 10.8 Å². The van der Waals surface area contributed by atoms with Gasteiger partial charge < -0.3 is 9.32 Å². The van der Waals surface area contributed by atoms with Crippen LogP contribution in [0.4, 0.5) is 0 Å². The first-order valence-corrected chi connectivity index (χ1v) is 9.98. The summed E-state index contributed by atoms with van der Waals surface area (Å²) in [6.07, 6.45) is 3.35. The van der Waals surface area contributed by atoms with E-state index in [1.54, 1.807) is 12.4 Å². The quantitative estimate of drug-likeness (QED) is 0.574. The Balaban J connectivity index is 1.72. The van der Waals surface area contributed by atoms with Crippen molar-refractivity contribution >= 4 is 17.7 Å². The van der Waals surface area contributed by atoms with Crippen molar-refractivity contribution in [1.29, 1.82) is 0 Å². The number of rotatable bonds is 6. The number of nitrogens with zero attached hydrogens (tertiary/aromatic N) is 4. The van der Waals surface area contributed by atoms with E-state index in [1.165, 1.54) is 11.8 Å². The summed E-state index contributed by atoms with van der Waals surface area (Å²) in [6.45, 7) is 8.54. The minimum atomic E-state index is -0.356. The number of hydrogen-bond donors (Lipinski definition) is 0. The lowest BCUT2D eigenvalue weighted by Crippen LogP contribution is -2.48. The van der Waals surface area contributed by atoms with Crippen LogP contribution in [0.5, 0.6) is 0 Å². The normalized spacial score (nSPS) is 12.6. The predicted molar refractivity (Wildman–Crippen MR) is 110 cm³/mol. The third-order valence-corrected chi connectivity index (χ3v) is 5.12. The number of carbonyl (C=O) groups excluding carboxylic acids is 1. The Hall–Kier alpha value is -2.67. The lowest BCUT2D eigenvalue weighted by Gasteiger charge is -2.37. The average Bonchev–Trinajstić information content (AvgIpc) is 3.14. The Morgan fingerprint density at radius 1 is 1.14 bits per heavy atom. The second-order valence-corrected chi connectivity index (χ2v) is 8.75. The van der Waals surface area contributed by atoms with Gasteiger partial charge in [0.15, 0.2) is 0 Å². The molecule has 0 bridgehead atoms. The molecule has 0 aliphatic heterocycles. The summed E-state index contributed by atoms with van der Waals surface area (Å²) >= 11 is 1.27. The fourth-order valence-electron chi connectivity index (χ4n) is 2.70. The fraction of sp³-hybridized carbons (Fsp3) is 0.333. The summed E-state index contributed by atoms with van der Waals surface area (Å²) < 4.78 is 5.70. The summed E-state index contributed by atoms with van der Waals surface area (Å²) in [6, 6.07) is 13.7. The van der Waals surface area contributed by atoms with Crippen LogP contribution in [0.2, 0.25) is 0 Å². The topological polar surface area (TPSA) is 72.1 Å². The Morgan fingerprint density at radius 3 is 2.54 bits per heavy atom. The molecule has 0 saturated heterocycles. The number of amides is 1. The molecule has 0 radical (unpaired) electrons. The predicted octanol–water partition coefficient (Wildman–Crippen LogP) is 4.44. The molecular weight excluding hydrogens is 372 g/mol. The molecule has 1 atom stereocenters. The van der Waals surface area contributed by atoms with Crippen molar-refractivity contribution < 1.29 is 9.21 Å². The molecule has 1 amide bonds. The summed E-state index contributed by atoms with van der Waals surface area (Å²) in [5.74, 6) is 0.426. The van der Waals surface area contributed by atoms with Gasteiger partial charge in [0.1, 0.15) is 0 Å². The maximum Gasteiger partial charge on any atom is 0.277 e. The molecule has 0 saturated carbocycles. The monoisotopic (exact) mass is 396 g/mol. The van der Waals surface area contributed by atoms with Crippen molar-refractivity contribution in [2.45, 2.75) is 50.3 Å². The molecule has 0 N–H and O–H groups in total. The first kappa shape index (κ1) is 20.1. The number of thioether (sulfide) groups is 1. The molecule has 0 aliphatic rings. The highest BCUT2D eigenvalue weighted by atomic mass is 32.2. The number of carbonyl (C=O) groups is 1. The number of pyridine rings is 1.